The van der Waals surface area contributed by atoms with Crippen molar-refractivity contribution in [3.8, 4) is 0 Å². The van der Waals surface area contributed by atoms with E-state index in [2.05, 4.69) is 20.8 Å². The Morgan fingerprint density at radius 1 is 1.03 bits per heavy atom. The molecule has 0 spiro atoms. The van der Waals surface area contributed by atoms with Gasteiger partial charge in [-0.3, -0.25) is 9.59 Å². The summed E-state index contributed by atoms with van der Waals surface area (Å²) >= 11 is 6.94. The lowest BCUT2D eigenvalue weighted by molar-refractivity contribution is -0.0564. The summed E-state index contributed by atoms with van der Waals surface area (Å²) in [5.74, 6) is 2.09. The number of hydrogen-bond acceptors (Lipinski definition) is 5. The van der Waals surface area contributed by atoms with Gasteiger partial charge in [0.05, 0.1) is 0 Å². The Kier molecular flexibility index (Phi) is 5.27. The van der Waals surface area contributed by atoms with Gasteiger partial charge in [0, 0.05) is 17.3 Å². The van der Waals surface area contributed by atoms with Crippen LogP contribution < -0.4 is 10.6 Å². The number of carbonyl (C=O) groups is 2. The van der Waals surface area contributed by atoms with Crippen molar-refractivity contribution in [1.82, 2.24) is 15.5 Å². The molecule has 30 heavy (non-hydrogen) atoms. The number of nitrogens with one attached hydrogen (secondary N) is 2. The topological polar surface area (TPSA) is 84.0 Å². The maximum Gasteiger partial charge on any atom is 0.286 e. The largest absolute Gasteiger partial charge is 0.350 e. The monoisotopic (exact) mass is 444 g/mol. The number of benzene rings is 1. The second-order valence-corrected chi connectivity index (χ2v) is 10.7. The lowest BCUT2D eigenvalue weighted by atomic mass is 9.49. The third kappa shape index (κ3) is 4.10. The Balaban J connectivity index is 1.15. The number of rotatable bonds is 6. The molecule has 8 heteroatoms. The maximum absolute atomic E-state index is 12.5. The highest BCUT2D eigenvalue weighted by Gasteiger charge is 2.50. The first kappa shape index (κ1) is 19.9. The molecular formula is C22H25ClN4O2S. The molecule has 158 valence electrons. The molecule has 4 bridgehead atoms. The molecule has 6 rings (SSSR count). The van der Waals surface area contributed by atoms with Crippen LogP contribution >= 0.6 is 22.9 Å². The van der Waals surface area contributed by atoms with E-state index in [0.717, 1.165) is 35.5 Å². The zero-order valence-electron chi connectivity index (χ0n) is 16.7. The van der Waals surface area contributed by atoms with Crippen molar-refractivity contribution in [1.29, 1.82) is 0 Å². The van der Waals surface area contributed by atoms with Crippen LogP contribution in [0.3, 0.4) is 0 Å². The summed E-state index contributed by atoms with van der Waals surface area (Å²) in [7, 11) is 0. The van der Waals surface area contributed by atoms with E-state index in [1.54, 1.807) is 24.3 Å². The number of anilines is 1. The van der Waals surface area contributed by atoms with E-state index in [4.69, 9.17) is 11.6 Å². The fourth-order valence-electron chi connectivity index (χ4n) is 6.27. The van der Waals surface area contributed by atoms with E-state index in [9.17, 15) is 9.59 Å². The summed E-state index contributed by atoms with van der Waals surface area (Å²) < 4.78 is 0. The first-order valence-corrected chi connectivity index (χ1v) is 11.9. The van der Waals surface area contributed by atoms with Crippen molar-refractivity contribution < 1.29 is 9.59 Å². The molecule has 1 aromatic heterocycles. The van der Waals surface area contributed by atoms with Crippen molar-refractivity contribution in [2.75, 3.05) is 11.9 Å². The Labute approximate surface area is 184 Å². The zero-order chi connectivity index (χ0) is 20.7. The Hall–Kier alpha value is -1.99. The lowest BCUT2D eigenvalue weighted by Gasteiger charge is -2.57. The van der Waals surface area contributed by atoms with Gasteiger partial charge in [0.25, 0.3) is 11.8 Å². The average molecular weight is 445 g/mol. The molecule has 0 saturated heterocycles. The van der Waals surface area contributed by atoms with E-state index in [0.29, 0.717) is 22.7 Å². The van der Waals surface area contributed by atoms with Crippen LogP contribution in [0.25, 0.3) is 0 Å². The van der Waals surface area contributed by atoms with Crippen LogP contribution in [0.15, 0.2) is 24.3 Å². The third-order valence-electron chi connectivity index (χ3n) is 7.00. The van der Waals surface area contributed by atoms with Crippen molar-refractivity contribution in [3.63, 3.8) is 0 Å². The van der Waals surface area contributed by atoms with Crippen molar-refractivity contribution in [2.24, 2.45) is 23.2 Å². The second kappa shape index (κ2) is 7.93. The molecule has 4 aliphatic rings. The summed E-state index contributed by atoms with van der Waals surface area (Å²) in [5, 5.41) is 14.4. The molecule has 0 radical (unpaired) electrons. The van der Waals surface area contributed by atoms with Gasteiger partial charge in [-0.2, -0.15) is 0 Å². The maximum atomic E-state index is 12.5. The van der Waals surface area contributed by atoms with Crippen LogP contribution in [-0.4, -0.2) is 28.6 Å². The molecule has 2 N–H and O–H groups in total. The standard InChI is InChI=1S/C22H25ClN4O2S/c23-16-2-1-3-17(9-16)25-19(29)21-27-26-20(30-21)18(28)24-5-4-22-10-13-6-14(11-22)8-15(7-13)12-22/h1-3,9,13-15H,4-8,10-12H2,(H,24,28)(H,25,29). The quantitative estimate of drug-likeness (QED) is 0.671. The van der Waals surface area contributed by atoms with E-state index in [1.807, 2.05) is 0 Å². The number of amides is 2. The molecule has 4 fully saturated rings. The molecule has 6 nitrogen and oxygen atoms in total. The van der Waals surface area contributed by atoms with Gasteiger partial charge in [-0.05, 0) is 86.3 Å². The Morgan fingerprint density at radius 2 is 1.67 bits per heavy atom. The first-order valence-electron chi connectivity index (χ1n) is 10.7. The molecular weight excluding hydrogens is 420 g/mol. The van der Waals surface area contributed by atoms with Gasteiger partial charge in [0.15, 0.2) is 0 Å². The summed E-state index contributed by atoms with van der Waals surface area (Å²) in [4.78, 5) is 24.9. The normalized spacial score (nSPS) is 29.0. The summed E-state index contributed by atoms with van der Waals surface area (Å²) in [6.07, 6.45) is 9.33. The van der Waals surface area contributed by atoms with Crippen LogP contribution in [0.1, 0.15) is 64.6 Å². The predicted octanol–water partition coefficient (Wildman–Crippen LogP) is 4.78. The van der Waals surface area contributed by atoms with E-state index in [-0.39, 0.29) is 15.9 Å². The number of carbonyl (C=O) groups excluding carboxylic acids is 2. The summed E-state index contributed by atoms with van der Waals surface area (Å²) in [5.41, 5.74) is 1.01. The van der Waals surface area contributed by atoms with Gasteiger partial charge in [-0.25, -0.2) is 0 Å². The molecule has 1 aromatic carbocycles. The number of aromatic nitrogens is 2. The van der Waals surface area contributed by atoms with Gasteiger partial charge in [0.1, 0.15) is 0 Å². The average Bonchev–Trinajstić information content (AvgIpc) is 3.17. The number of nitrogens with zero attached hydrogens (tertiary/aromatic N) is 2. The molecule has 2 amide bonds. The Bertz CT molecular complexity index is 940. The highest BCUT2D eigenvalue weighted by molar-refractivity contribution is 7.15. The van der Waals surface area contributed by atoms with Crippen molar-refractivity contribution >= 4 is 40.4 Å². The molecule has 0 atom stereocenters. The molecule has 4 saturated carbocycles. The number of hydrogen-bond donors (Lipinski definition) is 2. The fourth-order valence-corrected chi connectivity index (χ4v) is 7.12. The minimum absolute atomic E-state index is 0.154. The molecule has 0 aliphatic heterocycles. The SMILES string of the molecule is O=C(NCCC12CC3CC(CC(C3)C1)C2)c1nnc(C(=O)Nc2cccc(Cl)c2)s1. The molecule has 1 heterocycles. The van der Waals surface area contributed by atoms with Gasteiger partial charge in [0.2, 0.25) is 10.0 Å². The highest BCUT2D eigenvalue weighted by atomic mass is 35.5. The minimum Gasteiger partial charge on any atom is -0.350 e. The molecule has 4 aliphatic carbocycles. The van der Waals surface area contributed by atoms with Gasteiger partial charge in [-0.1, -0.05) is 29.0 Å². The van der Waals surface area contributed by atoms with Crippen molar-refractivity contribution in [3.05, 3.63) is 39.3 Å². The van der Waals surface area contributed by atoms with E-state index in [1.165, 1.54) is 38.5 Å². The van der Waals surface area contributed by atoms with Crippen molar-refractivity contribution in [2.45, 2.75) is 44.9 Å². The van der Waals surface area contributed by atoms with E-state index >= 15 is 0 Å². The van der Waals surface area contributed by atoms with Gasteiger partial charge < -0.3 is 10.6 Å². The number of halogens is 1. The van der Waals surface area contributed by atoms with Gasteiger partial charge >= 0.3 is 0 Å². The third-order valence-corrected chi connectivity index (χ3v) is 8.16. The van der Waals surface area contributed by atoms with Crippen LogP contribution in [0.5, 0.6) is 0 Å². The van der Waals surface area contributed by atoms with Gasteiger partial charge in [-0.15, -0.1) is 10.2 Å². The molecule has 0 unspecified atom stereocenters. The summed E-state index contributed by atoms with van der Waals surface area (Å²) in [6, 6.07) is 6.87. The zero-order valence-corrected chi connectivity index (χ0v) is 18.3. The first-order chi connectivity index (χ1) is 14.5. The van der Waals surface area contributed by atoms with E-state index < -0.39 is 5.91 Å². The van der Waals surface area contributed by atoms with Crippen LogP contribution in [-0.2, 0) is 0 Å². The fraction of sp³-hybridized carbons (Fsp3) is 0.545. The highest BCUT2D eigenvalue weighted by Crippen LogP contribution is 2.61. The minimum atomic E-state index is -0.401. The Morgan fingerprint density at radius 3 is 2.30 bits per heavy atom. The van der Waals surface area contributed by atoms with Crippen LogP contribution in [0.2, 0.25) is 5.02 Å². The predicted molar refractivity (Wildman–Crippen MR) is 117 cm³/mol. The van der Waals surface area contributed by atoms with Crippen LogP contribution in [0.4, 0.5) is 5.69 Å². The summed E-state index contributed by atoms with van der Waals surface area (Å²) in [6.45, 7) is 0.661. The second-order valence-electron chi connectivity index (χ2n) is 9.30. The molecule has 2 aromatic rings. The smallest absolute Gasteiger partial charge is 0.286 e. The lowest BCUT2D eigenvalue weighted by Crippen LogP contribution is -2.47. The van der Waals surface area contributed by atoms with Crippen LogP contribution in [0, 0.1) is 23.2 Å².